The van der Waals surface area contributed by atoms with E-state index in [1.807, 2.05) is 73.7 Å². The van der Waals surface area contributed by atoms with Crippen LogP contribution < -0.4 is 5.32 Å². The molecule has 1 fully saturated rings. The Labute approximate surface area is 241 Å². The van der Waals surface area contributed by atoms with Crippen molar-refractivity contribution >= 4 is 17.8 Å². The molecule has 0 unspecified atom stereocenters. The first-order chi connectivity index (χ1) is 19.9. The molecular weight excluding hydrogens is 524 g/mol. The number of methoxy groups -OCH3 is 2. The maximum Gasteiger partial charge on any atom is 0.320 e. The molecule has 2 heterocycles. The van der Waals surface area contributed by atoms with Gasteiger partial charge >= 0.3 is 5.97 Å². The zero-order valence-corrected chi connectivity index (χ0v) is 24.0. The number of piperidine rings is 1. The lowest BCUT2D eigenvalue weighted by molar-refractivity contribution is -0.178. The number of carbonyl (C=O) groups is 3. The van der Waals surface area contributed by atoms with Crippen molar-refractivity contribution in [2.24, 2.45) is 11.3 Å². The average molecular weight is 565 g/mol. The number of hydrogen-bond acceptors (Lipinski definition) is 7. The highest BCUT2D eigenvalue weighted by Gasteiger charge is 2.59. The van der Waals surface area contributed by atoms with Crippen molar-refractivity contribution in [3.63, 3.8) is 0 Å². The van der Waals surface area contributed by atoms with Gasteiger partial charge in [0.25, 0.3) is 0 Å². The van der Waals surface area contributed by atoms with Crippen LogP contribution >= 0.6 is 0 Å². The number of ether oxygens (including phenoxy) is 4. The summed E-state index contributed by atoms with van der Waals surface area (Å²) in [5.74, 6) is -1.67. The van der Waals surface area contributed by atoms with Crippen molar-refractivity contribution in [3.8, 4) is 0 Å². The summed E-state index contributed by atoms with van der Waals surface area (Å²) in [5.41, 5.74) is 1.23. The minimum atomic E-state index is -1.26. The molecule has 4 atom stereocenters. The first-order valence-corrected chi connectivity index (χ1v) is 14.1. The lowest BCUT2D eigenvalue weighted by Crippen LogP contribution is -2.60. The normalized spacial score (nSPS) is 23.9. The fraction of sp³-hybridized carbons (Fsp3) is 0.469. The van der Waals surface area contributed by atoms with E-state index >= 15 is 0 Å². The highest BCUT2D eigenvalue weighted by molar-refractivity contribution is 5.92. The monoisotopic (exact) mass is 564 g/mol. The van der Waals surface area contributed by atoms with E-state index in [1.165, 1.54) is 7.11 Å². The van der Waals surface area contributed by atoms with Crippen molar-refractivity contribution in [3.05, 3.63) is 83.6 Å². The number of nitrogens with one attached hydrogen (secondary N) is 1. The average Bonchev–Trinajstić information content (AvgIpc) is 2.98. The maximum absolute atomic E-state index is 14.0. The van der Waals surface area contributed by atoms with E-state index in [2.05, 4.69) is 5.32 Å². The second kappa shape index (κ2) is 14.4. The Morgan fingerprint density at radius 2 is 1.73 bits per heavy atom. The van der Waals surface area contributed by atoms with Crippen molar-refractivity contribution in [2.75, 3.05) is 34.0 Å². The Morgan fingerprint density at radius 3 is 2.39 bits per heavy atom. The summed E-state index contributed by atoms with van der Waals surface area (Å²) in [6.07, 6.45) is 1.45. The molecule has 0 aromatic heterocycles. The molecule has 1 saturated heterocycles. The van der Waals surface area contributed by atoms with Gasteiger partial charge in [0.2, 0.25) is 11.8 Å². The molecule has 1 N–H and O–H groups in total. The van der Waals surface area contributed by atoms with Crippen LogP contribution in [0.3, 0.4) is 0 Å². The fourth-order valence-corrected chi connectivity index (χ4v) is 5.69. The SMILES string of the molecule is COCCCNC(=O)C[C@H]1C[C@@]2(C(=O)OC)C(=C[C@H](COCc3ccccc3)O[C@@H]2C)N(Cc2ccccc2)C1=O. The van der Waals surface area contributed by atoms with Crippen LogP contribution in [0, 0.1) is 11.3 Å². The third-order valence-corrected chi connectivity index (χ3v) is 7.75. The van der Waals surface area contributed by atoms with Gasteiger partial charge in [-0.3, -0.25) is 14.4 Å². The largest absolute Gasteiger partial charge is 0.468 e. The van der Waals surface area contributed by atoms with Crippen LogP contribution in [-0.4, -0.2) is 68.9 Å². The van der Waals surface area contributed by atoms with Crippen LogP contribution in [0.4, 0.5) is 0 Å². The zero-order chi connectivity index (χ0) is 29.2. The van der Waals surface area contributed by atoms with Crippen molar-refractivity contribution < 1.29 is 33.3 Å². The van der Waals surface area contributed by atoms with Crippen LogP contribution in [0.15, 0.2) is 72.4 Å². The first-order valence-electron chi connectivity index (χ1n) is 14.1. The number of nitrogens with zero attached hydrogens (tertiary/aromatic N) is 1. The van der Waals surface area contributed by atoms with Crippen molar-refractivity contribution in [1.29, 1.82) is 0 Å². The van der Waals surface area contributed by atoms with E-state index in [4.69, 9.17) is 18.9 Å². The molecule has 2 aliphatic heterocycles. The molecule has 9 nitrogen and oxygen atoms in total. The summed E-state index contributed by atoms with van der Waals surface area (Å²) in [4.78, 5) is 42.1. The Kier molecular flexibility index (Phi) is 10.7. The summed E-state index contributed by atoms with van der Waals surface area (Å²) in [7, 11) is 2.94. The van der Waals surface area contributed by atoms with Crippen LogP contribution in [0.25, 0.3) is 0 Å². The number of likely N-dealkylation sites (tertiary alicyclic amines) is 1. The van der Waals surface area contributed by atoms with E-state index in [0.717, 1.165) is 11.1 Å². The molecule has 0 aliphatic carbocycles. The van der Waals surface area contributed by atoms with Crippen molar-refractivity contribution in [2.45, 2.75) is 51.5 Å². The minimum absolute atomic E-state index is 0.0422. The molecule has 0 saturated carbocycles. The molecule has 0 radical (unpaired) electrons. The lowest BCUT2D eigenvalue weighted by Gasteiger charge is -2.51. The van der Waals surface area contributed by atoms with E-state index in [0.29, 0.717) is 31.9 Å². The van der Waals surface area contributed by atoms with E-state index < -0.39 is 29.5 Å². The number of fused-ring (bicyclic) bond motifs is 1. The summed E-state index contributed by atoms with van der Waals surface area (Å²) in [6, 6.07) is 19.4. The molecule has 41 heavy (non-hydrogen) atoms. The first kappa shape index (κ1) is 30.4. The Bertz CT molecular complexity index is 1200. The van der Waals surface area contributed by atoms with Crippen LogP contribution in [-0.2, 0) is 46.5 Å². The summed E-state index contributed by atoms with van der Waals surface area (Å²) in [6.45, 7) is 3.71. The second-order valence-electron chi connectivity index (χ2n) is 10.5. The Morgan fingerprint density at radius 1 is 1.05 bits per heavy atom. The Balaban J connectivity index is 1.63. The third-order valence-electron chi connectivity index (χ3n) is 7.75. The van der Waals surface area contributed by atoms with Crippen LogP contribution in [0.1, 0.15) is 37.3 Å². The fourth-order valence-electron chi connectivity index (χ4n) is 5.69. The van der Waals surface area contributed by atoms with Gasteiger partial charge in [-0.1, -0.05) is 60.7 Å². The molecule has 2 amide bonds. The predicted octanol–water partition coefficient (Wildman–Crippen LogP) is 3.63. The molecule has 2 aliphatic rings. The summed E-state index contributed by atoms with van der Waals surface area (Å²) >= 11 is 0. The van der Waals surface area contributed by atoms with Gasteiger partial charge in [-0.25, -0.2) is 0 Å². The maximum atomic E-state index is 14.0. The van der Waals surface area contributed by atoms with Gasteiger partial charge in [-0.2, -0.15) is 0 Å². The number of benzene rings is 2. The number of esters is 1. The molecule has 9 heteroatoms. The molecular formula is C32H40N2O7. The summed E-state index contributed by atoms with van der Waals surface area (Å²) in [5, 5.41) is 2.86. The zero-order valence-electron chi connectivity index (χ0n) is 24.0. The quantitative estimate of drug-likeness (QED) is 0.293. The van der Waals surface area contributed by atoms with Gasteiger partial charge < -0.3 is 29.2 Å². The van der Waals surface area contributed by atoms with Gasteiger partial charge in [0, 0.05) is 38.3 Å². The Hall–Kier alpha value is -3.53. The molecule has 2 aromatic rings. The van der Waals surface area contributed by atoms with Gasteiger partial charge in [0.05, 0.1) is 33.0 Å². The number of hydrogen-bond donors (Lipinski definition) is 1. The molecule has 0 bridgehead atoms. The highest BCUT2D eigenvalue weighted by atomic mass is 16.6. The van der Waals surface area contributed by atoms with E-state index in [1.54, 1.807) is 12.0 Å². The molecule has 4 rings (SSSR count). The molecule has 2 aromatic carbocycles. The smallest absolute Gasteiger partial charge is 0.320 e. The van der Waals surface area contributed by atoms with Gasteiger partial charge in [-0.05, 0) is 37.0 Å². The van der Waals surface area contributed by atoms with Crippen molar-refractivity contribution in [1.82, 2.24) is 10.2 Å². The minimum Gasteiger partial charge on any atom is -0.468 e. The van der Waals surface area contributed by atoms with E-state index in [-0.39, 0.29) is 37.8 Å². The second-order valence-corrected chi connectivity index (χ2v) is 10.5. The molecule has 0 spiro atoms. The number of carbonyl (C=O) groups excluding carboxylic acids is 3. The van der Waals surface area contributed by atoms with Crippen LogP contribution in [0.5, 0.6) is 0 Å². The van der Waals surface area contributed by atoms with Crippen LogP contribution in [0.2, 0.25) is 0 Å². The standard InChI is InChI=1S/C32H40N2O7/c1-23-32(31(37)39-3)19-26(17-29(35)33-15-10-16-38-2)30(36)34(20-24-11-6-4-7-12-24)28(32)18-27(41-23)22-40-21-25-13-8-5-9-14-25/h4-9,11-14,18,23,26-27H,10,15-17,19-22H2,1-3H3,(H,33,35)/t23-,26+,27-,32+/m1/s1. The van der Waals surface area contributed by atoms with Gasteiger partial charge in [0.15, 0.2) is 0 Å². The highest BCUT2D eigenvalue weighted by Crippen LogP contribution is 2.50. The predicted molar refractivity (Wildman–Crippen MR) is 152 cm³/mol. The number of rotatable bonds is 13. The van der Waals surface area contributed by atoms with Gasteiger partial charge in [0.1, 0.15) is 11.5 Å². The van der Waals surface area contributed by atoms with E-state index in [9.17, 15) is 14.4 Å². The third kappa shape index (κ3) is 7.22. The topological polar surface area (TPSA) is 103 Å². The molecule has 220 valence electrons. The number of amides is 2. The summed E-state index contributed by atoms with van der Waals surface area (Å²) < 4.78 is 22.7. The van der Waals surface area contributed by atoms with Gasteiger partial charge in [-0.15, -0.1) is 0 Å². The lowest BCUT2D eigenvalue weighted by atomic mass is 9.66.